The van der Waals surface area contributed by atoms with Gasteiger partial charge in [-0.05, 0) is 137 Å². The number of hydrogen-bond acceptors (Lipinski definition) is 13. The van der Waals surface area contributed by atoms with Gasteiger partial charge in [-0.2, -0.15) is 5.06 Å². The van der Waals surface area contributed by atoms with Gasteiger partial charge in [0.1, 0.15) is 23.0 Å². The monoisotopic (exact) mass is 1150 g/mol. The molecule has 9 aromatic rings. The molecule has 1 fully saturated rings. The summed E-state index contributed by atoms with van der Waals surface area (Å²) in [7, 11) is 4.91. The van der Waals surface area contributed by atoms with Crippen molar-refractivity contribution in [2.24, 2.45) is 5.73 Å². The molecular formula is C70H77N5O10. The van der Waals surface area contributed by atoms with Crippen molar-refractivity contribution in [3.8, 4) is 50.6 Å². The molecule has 442 valence electrons. The van der Waals surface area contributed by atoms with Gasteiger partial charge in [0.15, 0.2) is 0 Å². The molecule has 4 heterocycles. The van der Waals surface area contributed by atoms with Crippen molar-refractivity contribution in [1.29, 1.82) is 0 Å². The lowest BCUT2D eigenvalue weighted by Crippen LogP contribution is -2.17. The van der Waals surface area contributed by atoms with Crippen LogP contribution >= 0.6 is 0 Å². The average Bonchev–Trinajstić information content (AvgIpc) is 2.61. The Hall–Kier alpha value is -9.31. The van der Waals surface area contributed by atoms with Crippen LogP contribution in [0.3, 0.4) is 0 Å². The molecule has 85 heavy (non-hydrogen) atoms. The maximum Gasteiger partial charge on any atom is 0.310 e. The number of unbranched alkanes of at least 4 members (excludes halogenated alkanes) is 3. The summed E-state index contributed by atoms with van der Waals surface area (Å²) >= 11 is 0. The molecule has 1 saturated heterocycles. The molecule has 0 saturated carbocycles. The number of carbonyl (C=O) groups excluding carboxylic acids is 3. The first-order chi connectivity index (χ1) is 41.3. The fourth-order valence-corrected chi connectivity index (χ4v) is 9.51. The molecule has 15 heteroatoms. The minimum Gasteiger partial charge on any atom is -0.497 e. The predicted molar refractivity (Wildman–Crippen MR) is 337 cm³/mol. The van der Waals surface area contributed by atoms with Crippen molar-refractivity contribution in [1.82, 2.24) is 20.0 Å². The number of hydrogen-bond donors (Lipinski definition) is 3. The lowest BCUT2D eigenvalue weighted by Gasteiger charge is -2.14. The molecule has 0 spiro atoms. The molecular weight excluding hydrogens is 1070 g/mol. The summed E-state index contributed by atoms with van der Waals surface area (Å²) < 4.78 is 21.2. The maximum atomic E-state index is 12.5. The number of carboxylic acid groups (broad SMARTS) is 1. The first-order valence-electron chi connectivity index (χ1n) is 28.6. The minimum absolute atomic E-state index is 0.0651. The van der Waals surface area contributed by atoms with Crippen LogP contribution in [-0.4, -0.2) is 88.4 Å². The van der Waals surface area contributed by atoms with Crippen LogP contribution < -0.4 is 19.9 Å². The number of allylic oxidation sites excluding steroid dienone is 1. The lowest BCUT2D eigenvalue weighted by atomic mass is 9.93. The zero-order chi connectivity index (χ0) is 61.1. The van der Waals surface area contributed by atoms with Gasteiger partial charge >= 0.3 is 11.9 Å². The second kappa shape index (κ2) is 33.7. The smallest absolute Gasteiger partial charge is 0.310 e. The van der Waals surface area contributed by atoms with Gasteiger partial charge in [0.2, 0.25) is 0 Å². The maximum absolute atomic E-state index is 12.5. The Morgan fingerprint density at radius 2 is 0.953 bits per heavy atom. The summed E-state index contributed by atoms with van der Waals surface area (Å²) in [5, 5.41) is 21.3. The van der Waals surface area contributed by atoms with Crippen LogP contribution in [0, 0.1) is 0 Å². The van der Waals surface area contributed by atoms with E-state index in [4.69, 9.17) is 35.0 Å². The van der Waals surface area contributed by atoms with Crippen LogP contribution in [-0.2, 0) is 43.2 Å². The molecule has 1 aliphatic heterocycles. The topological polar surface area (TPSA) is 214 Å². The number of carbonyl (C=O) groups is 4. The van der Waals surface area contributed by atoms with Crippen molar-refractivity contribution in [3.05, 3.63) is 193 Å². The second-order valence-corrected chi connectivity index (χ2v) is 19.9. The number of nitrogens with zero attached hydrogens (tertiary/aromatic N) is 4. The Morgan fingerprint density at radius 3 is 1.26 bits per heavy atom. The zero-order valence-corrected chi connectivity index (χ0v) is 49.5. The number of esters is 1. The van der Waals surface area contributed by atoms with Crippen molar-refractivity contribution in [2.45, 2.75) is 91.4 Å². The van der Waals surface area contributed by atoms with E-state index in [1.54, 1.807) is 40.6 Å². The minimum atomic E-state index is -0.874. The van der Waals surface area contributed by atoms with Crippen molar-refractivity contribution in [2.75, 3.05) is 34.5 Å². The molecule has 10 rings (SSSR count). The number of hydroxylamine groups is 2. The highest BCUT2D eigenvalue weighted by Crippen LogP contribution is 2.37. The van der Waals surface area contributed by atoms with Gasteiger partial charge in [0.25, 0.3) is 5.91 Å². The zero-order valence-electron chi connectivity index (χ0n) is 49.5. The fraction of sp³-hybridized carbons (Fsp3) is 0.271. The first kappa shape index (κ1) is 64.9. The van der Waals surface area contributed by atoms with E-state index < -0.39 is 5.97 Å². The van der Waals surface area contributed by atoms with E-state index in [-0.39, 0.29) is 30.5 Å². The van der Waals surface area contributed by atoms with E-state index in [0.717, 1.165) is 120 Å². The highest BCUT2D eigenvalue weighted by Gasteiger charge is 2.22. The van der Waals surface area contributed by atoms with Gasteiger partial charge in [-0.3, -0.25) is 39.3 Å². The van der Waals surface area contributed by atoms with E-state index in [1.165, 1.54) is 12.8 Å². The Kier molecular flexibility index (Phi) is 25.7. The molecule has 1 amide bonds. The van der Waals surface area contributed by atoms with Crippen molar-refractivity contribution >= 4 is 56.3 Å². The highest BCUT2D eigenvalue weighted by atomic mass is 16.5. The van der Waals surface area contributed by atoms with E-state index in [0.29, 0.717) is 48.6 Å². The standard InChI is InChI=1S/C23H25NO2.C20H19NO3.C18H15NO3.C5H7NO2.C4H11N/c1-3-4-6-11-19(25)14-18-16-24-22-13-12-20(26-2)15-21(22)23(18)17-9-7-5-8-10-17;1-3-24-19(22)11-15-13-21-18-10-9-16(23-2)12-17(18)20(15)14-7-5-4-6-8-14;1-22-14-7-8-16-15(10-14)18(12-5-3-2-4-6-12)13(11-19-16)9-17(20)21;1-4-2-3-5(7)6(4)8;1-2-3-4-5/h5,7-10,12-13,15-16H,3-4,6,11,14H2,1-2H3;4-10,12-13H,3,11H2,1-2H3;2-8,10-11H,9H2,1H3,(H,20,21);8H,1-3H2;2-5H2,1H3. The van der Waals surface area contributed by atoms with E-state index >= 15 is 0 Å². The van der Waals surface area contributed by atoms with Crippen LogP contribution in [0.5, 0.6) is 17.2 Å². The Labute approximate surface area is 498 Å². The number of aromatic nitrogens is 3. The third kappa shape index (κ3) is 18.6. The lowest BCUT2D eigenvalue weighted by molar-refractivity contribution is -0.151. The SMILES string of the molecule is C=C1CCC(=O)N1O.CCCCCC(=O)Cc1cnc2ccc(OC)cc2c1-c1ccccc1.CCCCN.CCOC(=O)Cc1cnc2ccc(OC)cc2c1-c1ccccc1.COc1ccc2ncc(CC(=O)O)c(-c3ccccc3)c2c1. The van der Waals surface area contributed by atoms with Gasteiger partial charge < -0.3 is 29.8 Å². The third-order valence-corrected chi connectivity index (χ3v) is 13.8. The molecule has 0 unspecified atom stereocenters. The Balaban J connectivity index is 0.000000185. The van der Waals surface area contributed by atoms with Gasteiger partial charge in [0, 0.05) is 59.7 Å². The number of ketones is 1. The molecule has 0 aliphatic carbocycles. The number of Topliss-reactive ketones (excluding diaryl/α,β-unsaturated/α-hetero) is 1. The summed E-state index contributed by atoms with van der Waals surface area (Å²) in [6.45, 7) is 10.7. The number of amides is 1. The van der Waals surface area contributed by atoms with Gasteiger partial charge in [-0.1, -0.05) is 131 Å². The first-order valence-corrected chi connectivity index (χ1v) is 28.6. The van der Waals surface area contributed by atoms with Gasteiger partial charge in [-0.15, -0.1) is 0 Å². The number of carboxylic acids is 1. The Bertz CT molecular complexity index is 3640. The molecule has 4 N–H and O–H groups in total. The number of rotatable bonds is 19. The summed E-state index contributed by atoms with van der Waals surface area (Å²) in [5.74, 6) is 1.17. The van der Waals surface area contributed by atoms with Crippen LogP contribution in [0.1, 0.15) is 88.8 Å². The molecule has 0 radical (unpaired) electrons. The van der Waals surface area contributed by atoms with Crippen LogP contribution in [0.25, 0.3) is 66.1 Å². The summed E-state index contributed by atoms with van der Waals surface area (Å²) in [4.78, 5) is 59.5. The number of ether oxygens (including phenoxy) is 4. The number of nitrogens with two attached hydrogens (primary N) is 1. The number of methoxy groups -OCH3 is 3. The molecule has 6 aromatic carbocycles. The third-order valence-electron chi connectivity index (χ3n) is 13.8. The fourth-order valence-electron chi connectivity index (χ4n) is 9.51. The van der Waals surface area contributed by atoms with E-state index in [2.05, 4.69) is 47.5 Å². The van der Waals surface area contributed by atoms with Gasteiger partial charge in [0.05, 0.1) is 57.3 Å². The molecule has 0 atom stereocenters. The average molecular weight is 1150 g/mol. The van der Waals surface area contributed by atoms with Crippen molar-refractivity contribution in [3.63, 3.8) is 0 Å². The summed E-state index contributed by atoms with van der Waals surface area (Å²) in [6.07, 6.45) is 13.0. The highest BCUT2D eigenvalue weighted by molar-refractivity contribution is 6.00. The molecule has 0 bridgehead atoms. The molecule has 3 aromatic heterocycles. The largest absolute Gasteiger partial charge is 0.497 e. The van der Waals surface area contributed by atoms with Crippen molar-refractivity contribution < 1.29 is 48.4 Å². The molecule has 15 nitrogen and oxygen atoms in total. The number of aliphatic carboxylic acids is 1. The van der Waals surface area contributed by atoms with Crippen LogP contribution in [0.15, 0.2) is 176 Å². The molecule has 1 aliphatic rings. The van der Waals surface area contributed by atoms with E-state index in [9.17, 15) is 19.2 Å². The normalized spacial score (nSPS) is 11.5. The van der Waals surface area contributed by atoms with E-state index in [1.807, 2.05) is 140 Å². The van der Waals surface area contributed by atoms with Crippen LogP contribution in [0.2, 0.25) is 0 Å². The number of benzene rings is 6. The summed E-state index contributed by atoms with van der Waals surface area (Å²) in [5.41, 5.74) is 16.8. The van der Waals surface area contributed by atoms with Crippen LogP contribution in [0.4, 0.5) is 0 Å². The number of fused-ring (bicyclic) bond motifs is 3. The van der Waals surface area contributed by atoms with Gasteiger partial charge in [-0.25, -0.2) is 0 Å². The number of pyridine rings is 3. The summed E-state index contributed by atoms with van der Waals surface area (Å²) in [6, 6.07) is 47.2. The Morgan fingerprint density at radius 1 is 0.553 bits per heavy atom. The predicted octanol–water partition coefficient (Wildman–Crippen LogP) is 14.4. The quantitative estimate of drug-likeness (QED) is 0.0390. The second-order valence-electron chi connectivity index (χ2n) is 19.9.